The van der Waals surface area contributed by atoms with Crippen molar-refractivity contribution in [1.82, 2.24) is 4.90 Å². The fourth-order valence-corrected chi connectivity index (χ4v) is 3.67. The van der Waals surface area contributed by atoms with Gasteiger partial charge in [0.15, 0.2) is 34.6 Å². The van der Waals surface area contributed by atoms with Crippen molar-refractivity contribution >= 4 is 29.8 Å². The van der Waals surface area contributed by atoms with E-state index < -0.39 is 6.09 Å². The van der Waals surface area contributed by atoms with Gasteiger partial charge in [-0.15, -0.1) is 0 Å². The van der Waals surface area contributed by atoms with E-state index in [2.05, 4.69) is 0 Å². The Bertz CT molecular complexity index is 1170. The van der Waals surface area contributed by atoms with E-state index in [1.807, 2.05) is 0 Å². The van der Waals surface area contributed by atoms with Crippen LogP contribution in [0.25, 0.3) is 12.2 Å². The summed E-state index contributed by atoms with van der Waals surface area (Å²) >= 11 is 0. The molecule has 1 amide bonds. The number of carbonyl (C=O) groups excluding carboxylic acids is 3. The van der Waals surface area contributed by atoms with Crippen LogP contribution in [0.1, 0.15) is 30.4 Å². The van der Waals surface area contributed by atoms with E-state index in [1.54, 1.807) is 53.5 Å². The zero-order valence-electron chi connectivity index (χ0n) is 21.1. The zero-order valence-corrected chi connectivity index (χ0v) is 21.1. The molecule has 3 rings (SSSR count). The van der Waals surface area contributed by atoms with Crippen LogP contribution >= 0.6 is 0 Å². The summed E-state index contributed by atoms with van der Waals surface area (Å²) in [6.45, 7) is 2.11. The molecular formula is C28H32N2O7. The monoisotopic (exact) mass is 508 g/mol. The summed E-state index contributed by atoms with van der Waals surface area (Å²) in [5, 5.41) is 0. The Balaban J connectivity index is 1.55. The molecule has 9 nitrogen and oxygen atoms in total. The van der Waals surface area contributed by atoms with Crippen LogP contribution < -0.4 is 24.7 Å². The quantitative estimate of drug-likeness (QED) is 0.339. The number of hydrogen-bond acceptors (Lipinski definition) is 8. The van der Waals surface area contributed by atoms with Crippen LogP contribution in [-0.2, 0) is 9.59 Å². The number of ether oxygens (including phenoxy) is 4. The fraction of sp³-hybridized carbons (Fsp3) is 0.321. The van der Waals surface area contributed by atoms with Crippen LogP contribution in [0.4, 0.5) is 4.79 Å². The van der Waals surface area contributed by atoms with Gasteiger partial charge in [0.2, 0.25) is 0 Å². The molecule has 2 aromatic rings. The number of benzene rings is 2. The van der Waals surface area contributed by atoms with Gasteiger partial charge in [-0.25, -0.2) is 4.79 Å². The Morgan fingerprint density at radius 3 is 1.92 bits per heavy atom. The lowest BCUT2D eigenvalue weighted by Crippen LogP contribution is -2.30. The van der Waals surface area contributed by atoms with Crippen molar-refractivity contribution in [3.8, 4) is 23.0 Å². The molecular weight excluding hydrogens is 476 g/mol. The largest absolute Gasteiger partial charge is 0.493 e. The van der Waals surface area contributed by atoms with E-state index >= 15 is 0 Å². The second kappa shape index (κ2) is 13.8. The van der Waals surface area contributed by atoms with Crippen LogP contribution in [0.3, 0.4) is 0 Å². The smallest absolute Gasteiger partial charge is 0.415 e. The molecule has 0 aromatic heterocycles. The molecule has 1 saturated heterocycles. The lowest BCUT2D eigenvalue weighted by Gasteiger charge is -2.16. The van der Waals surface area contributed by atoms with Crippen LogP contribution in [0.5, 0.6) is 23.0 Å². The third kappa shape index (κ3) is 8.22. The predicted molar refractivity (Wildman–Crippen MR) is 140 cm³/mol. The number of allylic oxidation sites excluding steroid dienone is 2. The van der Waals surface area contributed by atoms with E-state index in [-0.39, 0.29) is 18.0 Å². The maximum atomic E-state index is 12.3. The minimum atomic E-state index is -0.407. The van der Waals surface area contributed by atoms with E-state index in [4.69, 9.17) is 24.7 Å². The molecule has 2 N–H and O–H groups in total. The second-order valence-electron chi connectivity index (χ2n) is 8.30. The summed E-state index contributed by atoms with van der Waals surface area (Å²) < 4.78 is 21.6. The number of likely N-dealkylation sites (tertiary alicyclic amines) is 1. The highest BCUT2D eigenvalue weighted by Crippen LogP contribution is 2.30. The Morgan fingerprint density at radius 2 is 1.38 bits per heavy atom. The Hall–Kier alpha value is -4.11. The second-order valence-corrected chi connectivity index (χ2v) is 8.30. The molecule has 0 saturated carbocycles. The van der Waals surface area contributed by atoms with Gasteiger partial charge in [-0.1, -0.05) is 24.3 Å². The first-order valence-electron chi connectivity index (χ1n) is 12.0. The van der Waals surface area contributed by atoms with Gasteiger partial charge < -0.3 is 29.6 Å². The van der Waals surface area contributed by atoms with Crippen molar-refractivity contribution in [1.29, 1.82) is 0 Å². The molecule has 1 fully saturated rings. The minimum Gasteiger partial charge on any atom is -0.493 e. The first-order chi connectivity index (χ1) is 17.9. The highest BCUT2D eigenvalue weighted by atomic mass is 16.6. The van der Waals surface area contributed by atoms with Crippen molar-refractivity contribution in [2.24, 2.45) is 5.73 Å². The maximum Gasteiger partial charge on any atom is 0.415 e. The zero-order chi connectivity index (χ0) is 26.6. The molecule has 37 heavy (non-hydrogen) atoms. The highest BCUT2D eigenvalue weighted by molar-refractivity contribution is 6.10. The molecule has 0 spiro atoms. The molecule has 1 heterocycles. The Morgan fingerprint density at radius 1 is 0.838 bits per heavy atom. The molecule has 1 aliphatic rings. The van der Waals surface area contributed by atoms with Crippen LogP contribution in [0.15, 0.2) is 48.6 Å². The molecule has 1 aliphatic heterocycles. The fourth-order valence-electron chi connectivity index (χ4n) is 3.67. The minimum absolute atomic E-state index is 0.273. The van der Waals surface area contributed by atoms with E-state index in [0.29, 0.717) is 54.8 Å². The molecule has 0 unspecified atom stereocenters. The van der Waals surface area contributed by atoms with Crippen LogP contribution in [0.2, 0.25) is 0 Å². The number of carbonyl (C=O) groups is 3. The van der Waals surface area contributed by atoms with Crippen LogP contribution in [-0.4, -0.2) is 63.0 Å². The number of nitrogens with two attached hydrogens (primary N) is 1. The third-order valence-electron chi connectivity index (χ3n) is 5.58. The Kier molecular flexibility index (Phi) is 10.3. The number of hydrogen-bond donors (Lipinski definition) is 1. The number of nitrogens with zero attached hydrogens (tertiary/aromatic N) is 1. The predicted octanol–water partition coefficient (Wildman–Crippen LogP) is 3.89. The van der Waals surface area contributed by atoms with Gasteiger partial charge in [-0.2, -0.15) is 0 Å². The molecule has 2 aromatic carbocycles. The van der Waals surface area contributed by atoms with Gasteiger partial charge in [0.1, 0.15) is 6.61 Å². The summed E-state index contributed by atoms with van der Waals surface area (Å²) in [7, 11) is 3.00. The summed E-state index contributed by atoms with van der Waals surface area (Å²) in [4.78, 5) is 38.5. The lowest BCUT2D eigenvalue weighted by molar-refractivity contribution is -0.121. The van der Waals surface area contributed by atoms with E-state index in [1.165, 1.54) is 26.4 Å². The van der Waals surface area contributed by atoms with Crippen molar-refractivity contribution in [3.05, 3.63) is 59.7 Å². The van der Waals surface area contributed by atoms with E-state index in [0.717, 1.165) is 18.4 Å². The van der Waals surface area contributed by atoms with Crippen molar-refractivity contribution in [2.45, 2.75) is 19.3 Å². The maximum absolute atomic E-state index is 12.3. The average molecular weight is 509 g/mol. The number of ketones is 2. The topological polar surface area (TPSA) is 117 Å². The Labute approximate surface area is 216 Å². The van der Waals surface area contributed by atoms with Crippen molar-refractivity contribution in [2.75, 3.05) is 40.5 Å². The normalized spacial score (nSPS) is 13.2. The summed E-state index contributed by atoms with van der Waals surface area (Å²) in [6.07, 6.45) is 7.14. The molecule has 0 atom stereocenters. The number of amides is 1. The first-order valence-corrected chi connectivity index (χ1v) is 12.0. The van der Waals surface area contributed by atoms with Gasteiger partial charge in [-0.05, 0) is 60.4 Å². The van der Waals surface area contributed by atoms with Gasteiger partial charge in [0.05, 0.1) is 20.6 Å². The molecule has 0 bridgehead atoms. The van der Waals surface area contributed by atoms with Gasteiger partial charge in [0.25, 0.3) is 0 Å². The molecule has 0 radical (unpaired) electrons. The SMILES string of the molecule is COc1cc(/C=C/C(=O)CC(=O)/C=C/c2ccc(OC(=O)N3CCCC3)c(OC)c2)ccc1OCCN. The average Bonchev–Trinajstić information content (AvgIpc) is 3.45. The van der Waals surface area contributed by atoms with Gasteiger partial charge >= 0.3 is 6.09 Å². The lowest BCUT2D eigenvalue weighted by atomic mass is 10.1. The summed E-state index contributed by atoms with van der Waals surface area (Å²) in [6, 6.07) is 10.2. The van der Waals surface area contributed by atoms with E-state index in [9.17, 15) is 14.4 Å². The molecule has 0 aliphatic carbocycles. The van der Waals surface area contributed by atoms with Crippen molar-refractivity contribution in [3.63, 3.8) is 0 Å². The van der Waals surface area contributed by atoms with Crippen molar-refractivity contribution < 1.29 is 33.3 Å². The number of rotatable bonds is 12. The van der Waals surface area contributed by atoms with Crippen LogP contribution in [0, 0.1) is 0 Å². The van der Waals surface area contributed by atoms with Gasteiger partial charge in [-0.3, -0.25) is 9.59 Å². The third-order valence-corrected chi connectivity index (χ3v) is 5.58. The first kappa shape index (κ1) is 27.5. The highest BCUT2D eigenvalue weighted by Gasteiger charge is 2.21. The summed E-state index contributed by atoms with van der Waals surface area (Å²) in [5.41, 5.74) is 6.85. The molecule has 196 valence electrons. The number of methoxy groups -OCH3 is 2. The standard InChI is InChI=1S/C28H32N2O7/c1-34-26-17-20(7-11-24(26)36-16-13-29)5-9-22(31)19-23(32)10-6-21-8-12-25(27(18-21)35-2)37-28(33)30-14-3-4-15-30/h5-12,17-18H,3-4,13-16,19,29H2,1-2H3/b9-5+,10-6+. The molecule has 9 heteroatoms. The summed E-state index contributed by atoms with van der Waals surface area (Å²) in [5.74, 6) is 1.08. The van der Waals surface area contributed by atoms with Gasteiger partial charge in [0, 0.05) is 19.6 Å².